The first-order valence-electron chi connectivity index (χ1n) is 10.4. The molecular formula is C25H22N4O2. The van der Waals surface area contributed by atoms with Gasteiger partial charge in [-0.2, -0.15) is 5.26 Å². The Kier molecular flexibility index (Phi) is 5.11. The van der Waals surface area contributed by atoms with Gasteiger partial charge in [0.05, 0.1) is 48.9 Å². The second-order valence-electron chi connectivity index (χ2n) is 7.56. The molecule has 0 N–H and O–H groups in total. The van der Waals surface area contributed by atoms with E-state index < -0.39 is 0 Å². The van der Waals surface area contributed by atoms with Gasteiger partial charge in [-0.3, -0.25) is 0 Å². The number of aryl methyl sites for hydroxylation is 2. The van der Waals surface area contributed by atoms with Crippen LogP contribution < -0.4 is 4.74 Å². The van der Waals surface area contributed by atoms with Gasteiger partial charge in [0, 0.05) is 23.4 Å². The summed E-state index contributed by atoms with van der Waals surface area (Å²) in [6, 6.07) is 20.2. The van der Waals surface area contributed by atoms with E-state index >= 15 is 0 Å². The maximum absolute atomic E-state index is 9.51. The van der Waals surface area contributed by atoms with Crippen molar-refractivity contribution >= 4 is 10.9 Å². The van der Waals surface area contributed by atoms with Gasteiger partial charge < -0.3 is 9.47 Å². The summed E-state index contributed by atoms with van der Waals surface area (Å²) in [4.78, 5) is 9.86. The Labute approximate surface area is 180 Å². The number of rotatable bonds is 5. The zero-order chi connectivity index (χ0) is 21.2. The van der Waals surface area contributed by atoms with Crippen LogP contribution in [0.4, 0.5) is 0 Å². The molecular weight excluding hydrogens is 388 g/mol. The predicted octanol–water partition coefficient (Wildman–Crippen LogP) is 4.16. The molecule has 6 heteroatoms. The lowest BCUT2D eigenvalue weighted by molar-refractivity contribution is 0.108. The van der Waals surface area contributed by atoms with Crippen LogP contribution in [-0.2, 0) is 30.6 Å². The first kappa shape index (κ1) is 19.3. The number of fused-ring (bicyclic) bond motifs is 2. The van der Waals surface area contributed by atoms with Crippen molar-refractivity contribution < 1.29 is 9.47 Å². The van der Waals surface area contributed by atoms with Crippen LogP contribution in [0.1, 0.15) is 28.1 Å². The van der Waals surface area contributed by atoms with E-state index in [9.17, 15) is 5.26 Å². The summed E-state index contributed by atoms with van der Waals surface area (Å²) in [6.07, 6.45) is 2.45. The van der Waals surface area contributed by atoms with Crippen LogP contribution in [0.5, 0.6) is 5.88 Å². The highest BCUT2D eigenvalue weighted by atomic mass is 16.5. The van der Waals surface area contributed by atoms with Crippen molar-refractivity contribution in [3.8, 4) is 17.9 Å². The first-order valence-corrected chi connectivity index (χ1v) is 10.4. The third kappa shape index (κ3) is 3.54. The number of nitrogens with zero attached hydrogens (tertiary/aromatic N) is 4. The van der Waals surface area contributed by atoms with Gasteiger partial charge in [-0.25, -0.2) is 14.5 Å². The van der Waals surface area contributed by atoms with E-state index in [-0.39, 0.29) is 0 Å². The molecule has 0 unspecified atom stereocenters. The third-order valence-electron chi connectivity index (χ3n) is 5.73. The van der Waals surface area contributed by atoms with Gasteiger partial charge in [-0.1, -0.05) is 36.4 Å². The molecule has 0 aliphatic carbocycles. The molecule has 1 aliphatic heterocycles. The third-order valence-corrected chi connectivity index (χ3v) is 5.73. The van der Waals surface area contributed by atoms with Crippen molar-refractivity contribution in [1.82, 2.24) is 14.5 Å². The van der Waals surface area contributed by atoms with E-state index in [2.05, 4.69) is 30.3 Å². The molecule has 0 spiro atoms. The number of aromatic nitrogens is 3. The monoisotopic (exact) mass is 410 g/mol. The summed E-state index contributed by atoms with van der Waals surface area (Å²) in [7, 11) is 1.62. The van der Waals surface area contributed by atoms with E-state index in [1.807, 2.05) is 34.9 Å². The zero-order valence-corrected chi connectivity index (χ0v) is 17.3. The minimum absolute atomic E-state index is 0.544. The molecule has 0 fully saturated rings. The molecule has 0 atom stereocenters. The molecule has 4 aromatic rings. The summed E-state index contributed by atoms with van der Waals surface area (Å²) in [5.74, 6) is 1.18. The van der Waals surface area contributed by atoms with Gasteiger partial charge >= 0.3 is 0 Å². The molecule has 154 valence electrons. The van der Waals surface area contributed by atoms with E-state index in [0.29, 0.717) is 30.6 Å². The minimum atomic E-state index is 0.544. The number of benzene rings is 2. The Morgan fingerprint density at radius 3 is 2.77 bits per heavy atom. The van der Waals surface area contributed by atoms with Gasteiger partial charge in [0.25, 0.3) is 0 Å². The molecule has 0 saturated heterocycles. The predicted molar refractivity (Wildman–Crippen MR) is 117 cm³/mol. The van der Waals surface area contributed by atoms with E-state index in [1.54, 1.807) is 7.11 Å². The molecule has 1 aliphatic rings. The van der Waals surface area contributed by atoms with E-state index in [1.165, 1.54) is 5.56 Å². The standard InChI is InChI=1S/C25H22N4O2/c1-30-24-14-19-18(15-26)8-5-9-23(19)29(24)25-27-21(11-10-17-6-3-2-4-7-17)20-16-31-13-12-22(20)28-25/h2-9,14H,10-13,16H2,1H3. The van der Waals surface area contributed by atoms with Crippen LogP contribution in [0.25, 0.3) is 16.9 Å². The molecule has 0 bridgehead atoms. The maximum atomic E-state index is 9.51. The summed E-state index contributed by atoms with van der Waals surface area (Å²) >= 11 is 0. The van der Waals surface area contributed by atoms with Crippen molar-refractivity contribution in [3.63, 3.8) is 0 Å². The lowest BCUT2D eigenvalue weighted by Crippen LogP contribution is -2.19. The molecule has 2 aromatic carbocycles. The average molecular weight is 410 g/mol. The second kappa shape index (κ2) is 8.21. The average Bonchev–Trinajstić information content (AvgIpc) is 3.22. The van der Waals surface area contributed by atoms with Crippen LogP contribution in [0.2, 0.25) is 0 Å². The van der Waals surface area contributed by atoms with E-state index in [4.69, 9.17) is 19.4 Å². The fraction of sp³-hybridized carbons (Fsp3) is 0.240. The minimum Gasteiger partial charge on any atom is -0.482 e. The SMILES string of the molecule is COc1cc2c(C#N)cccc2n1-c1nc2c(c(CCc3ccccc3)n1)COCC2. The van der Waals surface area contributed by atoms with Gasteiger partial charge in [0.15, 0.2) is 0 Å². The molecule has 0 radical (unpaired) electrons. The van der Waals surface area contributed by atoms with Crippen molar-refractivity contribution in [2.24, 2.45) is 0 Å². The number of hydrogen-bond acceptors (Lipinski definition) is 5. The maximum Gasteiger partial charge on any atom is 0.237 e. The molecule has 31 heavy (non-hydrogen) atoms. The highest BCUT2D eigenvalue weighted by Gasteiger charge is 2.22. The number of hydrogen-bond donors (Lipinski definition) is 0. The van der Waals surface area contributed by atoms with Crippen LogP contribution >= 0.6 is 0 Å². The quantitative estimate of drug-likeness (QED) is 0.494. The Bertz CT molecular complexity index is 1290. The Balaban J connectivity index is 1.64. The van der Waals surface area contributed by atoms with Crippen molar-refractivity contribution in [2.75, 3.05) is 13.7 Å². The fourth-order valence-electron chi connectivity index (χ4n) is 4.16. The molecule has 0 saturated carbocycles. The van der Waals surface area contributed by atoms with Crippen molar-refractivity contribution in [2.45, 2.75) is 25.9 Å². The Hall–Kier alpha value is -3.69. The zero-order valence-electron chi connectivity index (χ0n) is 17.3. The highest BCUT2D eigenvalue weighted by Crippen LogP contribution is 2.31. The van der Waals surface area contributed by atoms with Crippen LogP contribution in [0.3, 0.4) is 0 Å². The summed E-state index contributed by atoms with van der Waals surface area (Å²) < 4.78 is 13.3. The number of ether oxygens (including phenoxy) is 2. The van der Waals surface area contributed by atoms with Gasteiger partial charge in [0.1, 0.15) is 0 Å². The first-order chi connectivity index (χ1) is 15.3. The Morgan fingerprint density at radius 2 is 1.97 bits per heavy atom. The normalized spacial score (nSPS) is 13.0. The van der Waals surface area contributed by atoms with Crippen LogP contribution in [0, 0.1) is 11.3 Å². The molecule has 5 rings (SSSR count). The largest absolute Gasteiger partial charge is 0.482 e. The molecule has 3 heterocycles. The van der Waals surface area contributed by atoms with Gasteiger partial charge in [-0.15, -0.1) is 0 Å². The fourth-order valence-corrected chi connectivity index (χ4v) is 4.16. The summed E-state index contributed by atoms with van der Waals surface area (Å²) in [6.45, 7) is 1.20. The topological polar surface area (TPSA) is 73.0 Å². The van der Waals surface area contributed by atoms with Crippen molar-refractivity contribution in [1.29, 1.82) is 5.26 Å². The van der Waals surface area contributed by atoms with E-state index in [0.717, 1.165) is 47.1 Å². The van der Waals surface area contributed by atoms with Crippen molar-refractivity contribution in [3.05, 3.63) is 82.7 Å². The number of nitriles is 1. The smallest absolute Gasteiger partial charge is 0.237 e. The highest BCUT2D eigenvalue weighted by molar-refractivity contribution is 5.89. The summed E-state index contributed by atoms with van der Waals surface area (Å²) in [5.41, 5.74) is 5.86. The second-order valence-corrected chi connectivity index (χ2v) is 7.56. The molecule has 2 aromatic heterocycles. The van der Waals surface area contributed by atoms with Gasteiger partial charge in [0.2, 0.25) is 11.8 Å². The molecule has 6 nitrogen and oxygen atoms in total. The van der Waals surface area contributed by atoms with Crippen LogP contribution in [-0.4, -0.2) is 28.3 Å². The van der Waals surface area contributed by atoms with Gasteiger partial charge in [-0.05, 0) is 30.5 Å². The summed E-state index contributed by atoms with van der Waals surface area (Å²) in [5, 5.41) is 10.3. The number of methoxy groups -OCH3 is 1. The molecule has 0 amide bonds. The lowest BCUT2D eigenvalue weighted by atomic mass is 10.0. The van der Waals surface area contributed by atoms with Crippen LogP contribution in [0.15, 0.2) is 54.6 Å². The Morgan fingerprint density at radius 1 is 1.10 bits per heavy atom. The lowest BCUT2D eigenvalue weighted by Gasteiger charge is -2.20.